The highest BCUT2D eigenvalue weighted by molar-refractivity contribution is 6.31. The van der Waals surface area contributed by atoms with Crippen LogP contribution in [-0.4, -0.2) is 22.4 Å². The van der Waals surface area contributed by atoms with E-state index in [4.69, 9.17) is 16.3 Å². The van der Waals surface area contributed by atoms with Crippen LogP contribution in [0.3, 0.4) is 0 Å². The van der Waals surface area contributed by atoms with Crippen molar-refractivity contribution in [1.82, 2.24) is 10.1 Å². The number of nitrogens with zero attached hydrogens (tertiary/aromatic N) is 3. The first-order valence-electron chi connectivity index (χ1n) is 12.2. The topological polar surface area (TPSA) is 71.8 Å². The standard InChI is InChI=1S/C29H33ClF2N4O2/c1-6-9-10-12-23(30)17-27(20(4)38-5)36(37)34-25-15-14-24(31)28(29(25)32)22-13-16-26(35(8-3)19-22)21(18-33)11-7-2/h8,10,12-17,19,34,37H,3,6-7,9,11H2,1-2,4-5H3/b12-10+,23-17+,26-21+,27-20-. The van der Waals surface area contributed by atoms with E-state index >= 15 is 4.39 Å². The number of ether oxygens (including phenoxy) is 1. The summed E-state index contributed by atoms with van der Waals surface area (Å²) in [5.41, 5.74) is 3.48. The molecule has 0 aliphatic carbocycles. The molecule has 0 aromatic heterocycles. The predicted octanol–water partition coefficient (Wildman–Crippen LogP) is 8.27. The van der Waals surface area contributed by atoms with Gasteiger partial charge in [-0.2, -0.15) is 10.4 Å². The number of nitriles is 1. The third-order valence-electron chi connectivity index (χ3n) is 5.63. The molecule has 0 saturated carbocycles. The number of rotatable bonds is 12. The van der Waals surface area contributed by atoms with Gasteiger partial charge in [0, 0.05) is 23.0 Å². The van der Waals surface area contributed by atoms with Gasteiger partial charge in [-0.3, -0.25) is 10.6 Å². The van der Waals surface area contributed by atoms with Crippen LogP contribution < -0.4 is 5.43 Å². The van der Waals surface area contributed by atoms with Gasteiger partial charge in [0.1, 0.15) is 17.3 Å². The fraction of sp³-hybridized carbons (Fsp3) is 0.276. The van der Waals surface area contributed by atoms with E-state index in [2.05, 4.69) is 18.1 Å². The van der Waals surface area contributed by atoms with Gasteiger partial charge >= 0.3 is 0 Å². The molecule has 6 nitrogen and oxygen atoms in total. The smallest absolute Gasteiger partial charge is 0.158 e. The minimum absolute atomic E-state index is 0.119. The lowest BCUT2D eigenvalue weighted by molar-refractivity contribution is -0.0301. The molecular formula is C29H33ClF2N4O2. The van der Waals surface area contributed by atoms with E-state index in [1.165, 1.54) is 37.7 Å². The van der Waals surface area contributed by atoms with Crippen LogP contribution in [0.5, 0.6) is 0 Å². The Kier molecular flexibility index (Phi) is 11.9. The first kappa shape index (κ1) is 30.4. The molecule has 0 unspecified atom stereocenters. The van der Waals surface area contributed by atoms with E-state index in [1.54, 1.807) is 24.0 Å². The van der Waals surface area contributed by atoms with E-state index in [9.17, 15) is 14.9 Å². The third-order valence-corrected chi connectivity index (χ3v) is 5.86. The number of unbranched alkanes of at least 4 members (excludes halogenated alkanes) is 1. The summed E-state index contributed by atoms with van der Waals surface area (Å²) in [4.78, 5) is 1.56. The molecule has 0 bridgehead atoms. The highest BCUT2D eigenvalue weighted by Gasteiger charge is 2.22. The monoisotopic (exact) mass is 542 g/mol. The van der Waals surface area contributed by atoms with Crippen molar-refractivity contribution >= 4 is 22.9 Å². The maximum absolute atomic E-state index is 15.6. The molecular weight excluding hydrogens is 510 g/mol. The Morgan fingerprint density at radius 3 is 2.63 bits per heavy atom. The fourth-order valence-corrected chi connectivity index (χ4v) is 3.79. The lowest BCUT2D eigenvalue weighted by Gasteiger charge is -2.25. The zero-order valence-electron chi connectivity index (χ0n) is 22.1. The maximum Gasteiger partial charge on any atom is 0.158 e. The molecule has 0 amide bonds. The molecule has 1 aromatic carbocycles. The van der Waals surface area contributed by atoms with Crippen molar-refractivity contribution in [3.63, 3.8) is 0 Å². The molecule has 1 aliphatic heterocycles. The quantitative estimate of drug-likeness (QED) is 0.120. The molecule has 2 N–H and O–H groups in total. The minimum Gasteiger partial charge on any atom is -0.499 e. The second kappa shape index (κ2) is 14.8. The Bertz CT molecular complexity index is 1260. The molecule has 9 heteroatoms. The van der Waals surface area contributed by atoms with Crippen LogP contribution >= 0.6 is 11.6 Å². The third kappa shape index (κ3) is 7.60. The van der Waals surface area contributed by atoms with Gasteiger partial charge in [-0.05, 0) is 50.1 Å². The van der Waals surface area contributed by atoms with Crippen LogP contribution in [0.4, 0.5) is 14.5 Å². The van der Waals surface area contributed by atoms with Gasteiger partial charge in [-0.15, -0.1) is 0 Å². The molecule has 202 valence electrons. The van der Waals surface area contributed by atoms with Crippen molar-refractivity contribution < 1.29 is 18.7 Å². The predicted molar refractivity (Wildman–Crippen MR) is 148 cm³/mol. The van der Waals surface area contributed by atoms with Crippen LogP contribution in [-0.2, 0) is 4.74 Å². The van der Waals surface area contributed by atoms with Gasteiger partial charge in [0.15, 0.2) is 5.82 Å². The number of hydrogen-bond donors (Lipinski definition) is 2. The SMILES string of the molecule is C=CN1C=C(c2c(F)ccc(NN(O)C(/C=C(Cl)\C=C\CCC)=C(/C)OC)c2F)C=C/C1=C(\C#N)CCC. The van der Waals surface area contributed by atoms with Gasteiger partial charge < -0.3 is 9.64 Å². The zero-order chi connectivity index (χ0) is 28.2. The molecule has 0 atom stereocenters. The summed E-state index contributed by atoms with van der Waals surface area (Å²) in [6.45, 7) is 9.35. The van der Waals surface area contributed by atoms with Crippen molar-refractivity contribution in [3.05, 3.63) is 106 Å². The number of benzene rings is 1. The molecule has 0 fully saturated rings. The average molecular weight is 543 g/mol. The van der Waals surface area contributed by atoms with E-state index in [-0.39, 0.29) is 22.5 Å². The van der Waals surface area contributed by atoms with Crippen molar-refractivity contribution in [2.24, 2.45) is 0 Å². The lowest BCUT2D eigenvalue weighted by atomic mass is 9.99. The van der Waals surface area contributed by atoms with Gasteiger partial charge in [-0.1, -0.05) is 57.0 Å². The van der Waals surface area contributed by atoms with E-state index in [0.29, 0.717) is 33.7 Å². The second-order valence-corrected chi connectivity index (χ2v) is 8.74. The van der Waals surface area contributed by atoms with E-state index < -0.39 is 11.6 Å². The van der Waals surface area contributed by atoms with Crippen molar-refractivity contribution in [3.8, 4) is 6.07 Å². The molecule has 1 aromatic rings. The lowest BCUT2D eigenvalue weighted by Crippen LogP contribution is -2.27. The van der Waals surface area contributed by atoms with Gasteiger partial charge in [-0.25, -0.2) is 8.78 Å². The normalized spacial score (nSPS) is 15.6. The number of anilines is 1. The molecule has 2 rings (SSSR count). The summed E-state index contributed by atoms with van der Waals surface area (Å²) in [7, 11) is 1.42. The summed E-state index contributed by atoms with van der Waals surface area (Å²) >= 11 is 6.27. The Labute approximate surface area is 228 Å². The number of hydrogen-bond acceptors (Lipinski definition) is 6. The van der Waals surface area contributed by atoms with E-state index in [0.717, 1.165) is 25.3 Å². The minimum atomic E-state index is -0.933. The summed E-state index contributed by atoms with van der Waals surface area (Å²) in [5.74, 6) is -1.44. The van der Waals surface area contributed by atoms with Crippen LogP contribution in [0.15, 0.2) is 89.3 Å². The first-order chi connectivity index (χ1) is 18.2. The summed E-state index contributed by atoms with van der Waals surface area (Å²) in [6.07, 6.45) is 14.3. The molecule has 1 aliphatic rings. The molecule has 1 heterocycles. The van der Waals surface area contributed by atoms with Crippen LogP contribution in [0.1, 0.15) is 52.0 Å². The van der Waals surface area contributed by atoms with Gasteiger partial charge in [0.05, 0.1) is 35.7 Å². The van der Waals surface area contributed by atoms with Crippen molar-refractivity contribution in [1.29, 1.82) is 5.26 Å². The van der Waals surface area contributed by atoms with Crippen LogP contribution in [0.2, 0.25) is 0 Å². The van der Waals surface area contributed by atoms with Crippen LogP contribution in [0, 0.1) is 23.0 Å². The average Bonchev–Trinajstić information content (AvgIpc) is 2.91. The number of methoxy groups -OCH3 is 1. The van der Waals surface area contributed by atoms with E-state index in [1.807, 2.05) is 19.9 Å². The number of hydroxylamine groups is 1. The Morgan fingerprint density at radius 2 is 2.03 bits per heavy atom. The Hall–Kier alpha value is -3.80. The number of allylic oxidation sites excluding steroid dienone is 9. The van der Waals surface area contributed by atoms with Crippen molar-refractivity contribution in [2.75, 3.05) is 12.5 Å². The molecule has 0 radical (unpaired) electrons. The molecule has 0 spiro atoms. The number of halogens is 3. The second-order valence-electron chi connectivity index (χ2n) is 8.31. The first-order valence-corrected chi connectivity index (χ1v) is 12.6. The Morgan fingerprint density at radius 1 is 1.29 bits per heavy atom. The summed E-state index contributed by atoms with van der Waals surface area (Å²) < 4.78 is 35.8. The zero-order valence-corrected chi connectivity index (χ0v) is 22.8. The number of nitrogens with one attached hydrogen (secondary N) is 1. The molecule has 38 heavy (non-hydrogen) atoms. The number of hydrazine groups is 1. The molecule has 0 saturated heterocycles. The van der Waals surface area contributed by atoms with Gasteiger partial charge in [0.25, 0.3) is 0 Å². The highest BCUT2D eigenvalue weighted by atomic mass is 35.5. The highest BCUT2D eigenvalue weighted by Crippen LogP contribution is 2.33. The largest absolute Gasteiger partial charge is 0.499 e. The Balaban J connectivity index is 2.46. The summed E-state index contributed by atoms with van der Waals surface area (Å²) in [6, 6.07) is 4.44. The van der Waals surface area contributed by atoms with Crippen molar-refractivity contribution in [2.45, 2.75) is 46.5 Å². The summed E-state index contributed by atoms with van der Waals surface area (Å²) in [5, 5.41) is 21.1. The van der Waals surface area contributed by atoms with Gasteiger partial charge in [0.2, 0.25) is 0 Å². The fourth-order valence-electron chi connectivity index (χ4n) is 3.60. The van der Waals surface area contributed by atoms with Crippen LogP contribution in [0.25, 0.3) is 5.57 Å². The maximum atomic E-state index is 15.6.